The molecule has 0 aliphatic carbocycles. The molecule has 1 aromatic heterocycles. The highest BCUT2D eigenvalue weighted by Crippen LogP contribution is 2.31. The molecule has 2 fully saturated rings. The van der Waals surface area contributed by atoms with Gasteiger partial charge in [0.15, 0.2) is 0 Å². The summed E-state index contributed by atoms with van der Waals surface area (Å²) < 4.78 is 1.91. The molecule has 0 bridgehead atoms. The number of piperidine rings is 2. The van der Waals surface area contributed by atoms with Gasteiger partial charge in [-0.1, -0.05) is 57.6 Å². The molecule has 252 valence electrons. The van der Waals surface area contributed by atoms with Gasteiger partial charge in [0, 0.05) is 73.1 Å². The number of likely N-dealkylation sites (tertiary alicyclic amines) is 2. The van der Waals surface area contributed by atoms with E-state index in [1.165, 1.54) is 0 Å². The van der Waals surface area contributed by atoms with Crippen molar-refractivity contribution in [2.45, 2.75) is 57.0 Å². The third-order valence-corrected chi connectivity index (χ3v) is 10.1. The Kier molecular flexibility index (Phi) is 12.9. The van der Waals surface area contributed by atoms with Gasteiger partial charge in [-0.3, -0.25) is 9.59 Å². The van der Waals surface area contributed by atoms with Gasteiger partial charge in [0.1, 0.15) is 6.61 Å². The molecule has 13 heteroatoms. The third kappa shape index (κ3) is 9.86. The van der Waals surface area contributed by atoms with Gasteiger partial charge in [-0.05, 0) is 74.5 Å². The Morgan fingerprint density at radius 3 is 2.47 bits per heavy atom. The second kappa shape index (κ2) is 17.0. The highest BCUT2D eigenvalue weighted by molar-refractivity contribution is 6.42. The van der Waals surface area contributed by atoms with E-state index in [0.29, 0.717) is 69.3 Å². The molecule has 3 aromatic rings. The monoisotopic (exact) mass is 720 g/mol. The summed E-state index contributed by atoms with van der Waals surface area (Å²) in [7, 11) is 1.72. The molecular formula is C34H40Cl4N6O3. The lowest BCUT2D eigenvalue weighted by molar-refractivity contribution is -0.136. The van der Waals surface area contributed by atoms with Crippen LogP contribution in [0.5, 0.6) is 0 Å². The molecule has 2 aromatic carbocycles. The van der Waals surface area contributed by atoms with Gasteiger partial charge < -0.3 is 24.1 Å². The first kappa shape index (κ1) is 35.5. The van der Waals surface area contributed by atoms with Gasteiger partial charge in [0.2, 0.25) is 5.91 Å². The molecule has 1 unspecified atom stereocenters. The van der Waals surface area contributed by atoms with E-state index in [1.807, 2.05) is 22.9 Å². The molecule has 2 amide bonds. The van der Waals surface area contributed by atoms with Crippen LogP contribution in [-0.4, -0.2) is 94.2 Å². The Balaban J connectivity index is 1.35. The van der Waals surface area contributed by atoms with E-state index >= 15 is 0 Å². The number of rotatable bonds is 13. The number of carbonyl (C=O) groups excluding carboxylic acids is 2. The molecule has 2 aliphatic rings. The Labute approximate surface area is 296 Å². The molecule has 3 heterocycles. The van der Waals surface area contributed by atoms with Crippen molar-refractivity contribution in [1.29, 1.82) is 0 Å². The minimum absolute atomic E-state index is 0.193. The van der Waals surface area contributed by atoms with Crippen molar-refractivity contribution in [2.75, 3.05) is 46.4 Å². The van der Waals surface area contributed by atoms with Crippen LogP contribution in [0.15, 0.2) is 60.3 Å². The average molecular weight is 723 g/mol. The largest absolute Gasteiger partial charge is 0.394 e. The highest BCUT2D eigenvalue weighted by Gasteiger charge is 2.30. The fraction of sp³-hybridized carbons (Fsp3) is 0.471. The maximum Gasteiger partial charge on any atom is 0.254 e. The Morgan fingerprint density at radius 2 is 1.79 bits per heavy atom. The number of aromatic nitrogens is 2. The number of hydrogen-bond donors (Lipinski definition) is 0. The number of benzene rings is 2. The van der Waals surface area contributed by atoms with E-state index in [2.05, 4.69) is 19.9 Å². The van der Waals surface area contributed by atoms with Crippen LogP contribution in [0.4, 0.5) is 0 Å². The van der Waals surface area contributed by atoms with Crippen molar-refractivity contribution in [3.63, 3.8) is 0 Å². The summed E-state index contributed by atoms with van der Waals surface area (Å²) in [5, 5.41) is 6.32. The minimum Gasteiger partial charge on any atom is -0.394 e. The third-order valence-electron chi connectivity index (χ3n) is 8.88. The zero-order chi connectivity index (χ0) is 33.3. The predicted molar refractivity (Wildman–Crippen MR) is 188 cm³/mol. The zero-order valence-electron chi connectivity index (χ0n) is 26.5. The van der Waals surface area contributed by atoms with Crippen molar-refractivity contribution < 1.29 is 14.4 Å². The SMILES string of the molecule is CN(C/C(=N\OCCn1ccnc1)C(CCN1CCC(N2CCCCC2=O)CC1)c1ccc(Cl)c(Cl)c1)C(=O)c1cc(Cl)cc(Cl)c1. The zero-order valence-corrected chi connectivity index (χ0v) is 29.5. The van der Waals surface area contributed by atoms with E-state index in [0.717, 1.165) is 57.4 Å². The molecule has 5 rings (SSSR count). The average Bonchev–Trinajstić information content (AvgIpc) is 3.58. The van der Waals surface area contributed by atoms with E-state index in [-0.39, 0.29) is 18.4 Å². The quantitative estimate of drug-likeness (QED) is 0.105. The first-order chi connectivity index (χ1) is 22.7. The molecule has 0 N–H and O–H groups in total. The van der Waals surface area contributed by atoms with Crippen LogP contribution in [0.25, 0.3) is 0 Å². The van der Waals surface area contributed by atoms with Gasteiger partial charge >= 0.3 is 0 Å². The van der Waals surface area contributed by atoms with E-state index in [9.17, 15) is 9.59 Å². The lowest BCUT2D eigenvalue weighted by atomic mass is 9.89. The van der Waals surface area contributed by atoms with Crippen molar-refractivity contribution >= 4 is 63.9 Å². The van der Waals surface area contributed by atoms with Crippen LogP contribution in [-0.2, 0) is 16.2 Å². The fourth-order valence-corrected chi connectivity index (χ4v) is 7.18. The number of hydrogen-bond acceptors (Lipinski definition) is 6. The van der Waals surface area contributed by atoms with E-state index in [1.54, 1.807) is 48.7 Å². The summed E-state index contributed by atoms with van der Waals surface area (Å²) in [4.78, 5) is 42.2. The van der Waals surface area contributed by atoms with Crippen molar-refractivity contribution in [1.82, 2.24) is 24.3 Å². The second-order valence-electron chi connectivity index (χ2n) is 12.2. The van der Waals surface area contributed by atoms with Gasteiger partial charge in [0.25, 0.3) is 5.91 Å². The standard InChI is InChI=1S/C34H40Cl4N6O3/c1-41(34(46)25-18-26(35)21-27(36)19-25)22-32(40-47-17-16-43-15-10-39-23-43)29(24-5-6-30(37)31(38)20-24)9-14-42-12-7-28(8-13-42)44-11-3-2-4-33(44)45/h5-6,10,15,18-21,23,28-29H,2-4,7-9,11-14,16-17,22H2,1H3/b40-32+. The van der Waals surface area contributed by atoms with Crippen LogP contribution in [0.2, 0.25) is 20.1 Å². The molecule has 1 atom stereocenters. The van der Waals surface area contributed by atoms with Gasteiger partial charge in [0.05, 0.1) is 35.2 Å². The maximum absolute atomic E-state index is 13.5. The van der Waals surface area contributed by atoms with Crippen LogP contribution < -0.4 is 0 Å². The van der Waals surface area contributed by atoms with Gasteiger partial charge in [-0.25, -0.2) is 4.98 Å². The normalized spacial score (nSPS) is 17.2. The number of amides is 2. The number of nitrogens with zero attached hydrogens (tertiary/aromatic N) is 6. The number of oxime groups is 1. The molecule has 2 saturated heterocycles. The number of imidazole rings is 1. The summed E-state index contributed by atoms with van der Waals surface area (Å²) in [6.45, 7) is 4.56. The topological polar surface area (TPSA) is 83.3 Å². The summed E-state index contributed by atoms with van der Waals surface area (Å²) >= 11 is 25.3. The van der Waals surface area contributed by atoms with Crippen LogP contribution in [0.1, 0.15) is 60.4 Å². The lowest BCUT2D eigenvalue weighted by Gasteiger charge is -2.40. The van der Waals surface area contributed by atoms with Crippen molar-refractivity contribution in [3.8, 4) is 0 Å². The molecule has 0 saturated carbocycles. The summed E-state index contributed by atoms with van der Waals surface area (Å²) in [6.07, 6.45) is 10.7. The highest BCUT2D eigenvalue weighted by atomic mass is 35.5. The summed E-state index contributed by atoms with van der Waals surface area (Å²) in [5.74, 6) is -0.178. The summed E-state index contributed by atoms with van der Waals surface area (Å²) in [6, 6.07) is 10.7. The Bertz CT molecular complexity index is 1520. The second-order valence-corrected chi connectivity index (χ2v) is 13.9. The first-order valence-electron chi connectivity index (χ1n) is 16.0. The maximum atomic E-state index is 13.5. The van der Waals surface area contributed by atoms with Crippen molar-refractivity contribution in [3.05, 3.63) is 86.3 Å². The minimum atomic E-state index is -0.247. The molecule has 0 spiro atoms. The molecule has 9 nitrogen and oxygen atoms in total. The summed E-state index contributed by atoms with van der Waals surface area (Å²) in [5.41, 5.74) is 1.98. The van der Waals surface area contributed by atoms with Gasteiger partial charge in [-0.15, -0.1) is 0 Å². The lowest BCUT2D eigenvalue weighted by Crippen LogP contribution is -2.49. The number of carbonyl (C=O) groups is 2. The van der Waals surface area contributed by atoms with Gasteiger partial charge in [-0.2, -0.15) is 0 Å². The Morgan fingerprint density at radius 1 is 1.02 bits per heavy atom. The van der Waals surface area contributed by atoms with Crippen LogP contribution in [0, 0.1) is 0 Å². The molecular weight excluding hydrogens is 682 g/mol. The predicted octanol–water partition coefficient (Wildman–Crippen LogP) is 7.29. The molecule has 47 heavy (non-hydrogen) atoms. The Hall–Kier alpha value is -2.82. The van der Waals surface area contributed by atoms with Crippen molar-refractivity contribution in [2.24, 2.45) is 5.16 Å². The molecule has 2 aliphatic heterocycles. The van der Waals surface area contributed by atoms with E-state index < -0.39 is 0 Å². The molecule has 0 radical (unpaired) electrons. The fourth-order valence-electron chi connectivity index (χ4n) is 6.34. The number of halogens is 4. The van der Waals surface area contributed by atoms with Crippen LogP contribution >= 0.6 is 46.4 Å². The smallest absolute Gasteiger partial charge is 0.254 e. The first-order valence-corrected chi connectivity index (χ1v) is 17.5. The van der Waals surface area contributed by atoms with E-state index in [4.69, 9.17) is 51.2 Å². The van der Waals surface area contributed by atoms with Crippen LogP contribution in [0.3, 0.4) is 0 Å².